The van der Waals surface area contributed by atoms with Gasteiger partial charge in [0, 0.05) is 46.6 Å². The molecule has 0 bridgehead atoms. The smallest absolute Gasteiger partial charge is 0.269 e. The lowest BCUT2D eigenvalue weighted by atomic mass is 9.88. The Morgan fingerprint density at radius 3 is 2.05 bits per heavy atom. The average Bonchev–Trinajstić information content (AvgIpc) is 3.87. The van der Waals surface area contributed by atoms with Gasteiger partial charge in [-0.3, -0.25) is 18.7 Å². The van der Waals surface area contributed by atoms with Gasteiger partial charge >= 0.3 is 0 Å². The number of pyridine rings is 2. The van der Waals surface area contributed by atoms with Gasteiger partial charge in [-0.15, -0.1) is 0 Å². The van der Waals surface area contributed by atoms with E-state index in [0.29, 0.717) is 28.2 Å². The van der Waals surface area contributed by atoms with Gasteiger partial charge in [0.15, 0.2) is 0 Å². The number of imidazole rings is 1. The second kappa shape index (κ2) is 13.8. The highest BCUT2D eigenvalue weighted by atomic mass is 16.5. The third kappa shape index (κ3) is 6.12. The van der Waals surface area contributed by atoms with E-state index in [9.17, 15) is 0 Å². The molecular weight excluding hydrogens is 699 g/mol. The Morgan fingerprint density at radius 2 is 1.32 bits per heavy atom. The van der Waals surface area contributed by atoms with Crippen LogP contribution < -0.4 is 9.30 Å². The molecule has 6 nitrogen and oxygen atoms in total. The first-order valence-corrected chi connectivity index (χ1v) is 18.4. The summed E-state index contributed by atoms with van der Waals surface area (Å²) in [4.78, 5) is 9.20. The van der Waals surface area contributed by atoms with Gasteiger partial charge < -0.3 is 4.74 Å². The monoisotopic (exact) mass is 747 g/mol. The molecule has 0 radical (unpaired) electrons. The van der Waals surface area contributed by atoms with Crippen molar-refractivity contribution in [2.24, 2.45) is 0 Å². The van der Waals surface area contributed by atoms with Gasteiger partial charge in [-0.2, -0.15) is 0 Å². The zero-order valence-electron chi connectivity index (χ0n) is 41.2. The normalized spacial score (nSPS) is 14.2. The number of fused-ring (bicyclic) bond motifs is 4. The summed E-state index contributed by atoms with van der Waals surface area (Å²) in [7, 11) is 0. The topological polar surface area (TPSA) is 48.8 Å². The van der Waals surface area contributed by atoms with Crippen molar-refractivity contribution >= 4 is 32.8 Å². The Bertz CT molecular complexity index is 3540. The Kier molecular flexibility index (Phi) is 6.03. The predicted molar refractivity (Wildman–Crippen MR) is 230 cm³/mol. The summed E-state index contributed by atoms with van der Waals surface area (Å²) < 4.78 is 98.7. The third-order valence-electron chi connectivity index (χ3n) is 10.0. The lowest BCUT2D eigenvalue weighted by Crippen LogP contribution is -2.31. The number of para-hydroxylation sites is 3. The fourth-order valence-electron chi connectivity index (χ4n) is 7.34. The largest absolute Gasteiger partial charge is 0.458 e. The fourth-order valence-corrected chi connectivity index (χ4v) is 7.34. The highest BCUT2D eigenvalue weighted by molar-refractivity contribution is 6.09. The van der Waals surface area contributed by atoms with E-state index in [2.05, 4.69) is 54.8 Å². The summed E-state index contributed by atoms with van der Waals surface area (Å²) in [5.74, 6) is 1.88. The first kappa shape index (κ1) is 25.0. The van der Waals surface area contributed by atoms with Gasteiger partial charge in [-0.25, -0.2) is 4.98 Å². The van der Waals surface area contributed by atoms with E-state index in [0.717, 1.165) is 33.2 Å². The zero-order chi connectivity index (χ0) is 47.2. The molecule has 0 aliphatic heterocycles. The number of aromatic nitrogens is 5. The van der Waals surface area contributed by atoms with Crippen LogP contribution in [-0.2, 0) is 5.41 Å². The number of rotatable bonds is 7. The molecule has 0 fully saturated rings. The van der Waals surface area contributed by atoms with Crippen molar-refractivity contribution in [1.29, 1.82) is 0 Å². The quantitative estimate of drug-likeness (QED) is 0.120. The molecule has 6 heteroatoms. The molecule has 274 valence electrons. The van der Waals surface area contributed by atoms with E-state index in [1.54, 1.807) is 21.3 Å². The van der Waals surface area contributed by atoms with E-state index >= 15 is 0 Å². The van der Waals surface area contributed by atoms with Crippen molar-refractivity contribution in [3.05, 3.63) is 194 Å². The van der Waals surface area contributed by atoms with E-state index in [1.807, 2.05) is 79.0 Å². The molecule has 0 aliphatic carbocycles. The van der Waals surface area contributed by atoms with E-state index in [1.165, 1.54) is 12.4 Å². The molecule has 57 heavy (non-hydrogen) atoms. The standard InChI is InChI=1S/C51H39N5O/c1-51(2,3)37-27-28-53-49(29-37)56-45-22-11-10-21-41(45)42-26-25-40(31-48(42)56)57-39-20-14-19-38(30-39)54-34-55(47-24-13-12-23-46(47)54)50-43(35-15-6-4-7-16-35)32-52-33-44(50)36-17-8-5-9-18-36/h4-33H,1-3H3/i4D,5D,6D,7D,8D,9D,15D,16D,17D,18D. The Labute approximate surface area is 345 Å². The van der Waals surface area contributed by atoms with Crippen molar-refractivity contribution in [3.63, 3.8) is 0 Å². The molecule has 0 saturated heterocycles. The average molecular weight is 748 g/mol. The molecule has 0 atom stereocenters. The van der Waals surface area contributed by atoms with Crippen LogP contribution in [0.5, 0.6) is 11.5 Å². The minimum atomic E-state index is -0.585. The van der Waals surface area contributed by atoms with Crippen LogP contribution in [0.4, 0.5) is 0 Å². The molecule has 0 unspecified atom stereocenters. The minimum Gasteiger partial charge on any atom is -0.458 e. The van der Waals surface area contributed by atoms with Crippen molar-refractivity contribution in [1.82, 2.24) is 19.1 Å². The Balaban J connectivity index is 1.15. The van der Waals surface area contributed by atoms with Crippen LogP contribution in [0.25, 0.3) is 72.3 Å². The molecule has 10 aromatic rings. The summed E-state index contributed by atoms with van der Waals surface area (Å²) in [5, 5.41) is 2.12. The summed E-state index contributed by atoms with van der Waals surface area (Å²) in [6, 6.07) is 27.6. The summed E-state index contributed by atoms with van der Waals surface area (Å²) in [6.07, 6.45) is 7.94. The van der Waals surface area contributed by atoms with Crippen LogP contribution in [0.3, 0.4) is 0 Å². The van der Waals surface area contributed by atoms with Gasteiger partial charge in [0.05, 0.1) is 47.1 Å². The first-order valence-electron chi connectivity index (χ1n) is 23.4. The maximum Gasteiger partial charge on any atom is 0.269 e. The summed E-state index contributed by atoms with van der Waals surface area (Å²) in [6.45, 7) is 6.53. The minimum absolute atomic E-state index is 0.0516. The summed E-state index contributed by atoms with van der Waals surface area (Å²) >= 11 is 0. The SMILES string of the molecule is [2H]c1c([2H])c([2H])c(-c2cncc(-c3c([2H])c([2H])c([2H])c([2H])c3[2H])c2-[n+]2[c-]n(-c3cccc(Oc4ccc5c6ccccc6n(-c6cc(C(C)(C)C)ccn6)c5c4)c3)c3ccccc32)c([2H])c1[2H]. The predicted octanol–water partition coefficient (Wildman–Crippen LogP) is 12.0. The van der Waals surface area contributed by atoms with Crippen LogP contribution in [0.2, 0.25) is 0 Å². The maximum atomic E-state index is 8.96. The van der Waals surface area contributed by atoms with Crippen LogP contribution in [-0.4, -0.2) is 19.1 Å². The van der Waals surface area contributed by atoms with Crippen LogP contribution in [0.15, 0.2) is 182 Å². The van der Waals surface area contributed by atoms with E-state index in [-0.39, 0.29) is 33.4 Å². The van der Waals surface area contributed by atoms with Crippen molar-refractivity contribution in [3.8, 4) is 50.9 Å². The number of ether oxygens (including phenoxy) is 1. The number of hydrogen-bond donors (Lipinski definition) is 0. The molecule has 10 rings (SSSR count). The van der Waals surface area contributed by atoms with Gasteiger partial charge in [0.2, 0.25) is 0 Å². The van der Waals surface area contributed by atoms with Crippen molar-refractivity contribution < 1.29 is 23.0 Å². The molecule has 0 saturated carbocycles. The first-order chi connectivity index (χ1) is 32.0. The number of hydrogen-bond acceptors (Lipinski definition) is 3. The Hall–Kier alpha value is -7.31. The molecule has 0 N–H and O–H groups in total. The second-order valence-corrected chi connectivity index (χ2v) is 14.6. The van der Waals surface area contributed by atoms with Gasteiger partial charge in [0.25, 0.3) is 6.33 Å². The van der Waals surface area contributed by atoms with Crippen molar-refractivity contribution in [2.75, 3.05) is 0 Å². The Morgan fingerprint density at radius 1 is 0.649 bits per heavy atom. The molecule has 0 aliphatic rings. The highest BCUT2D eigenvalue weighted by Gasteiger charge is 2.21. The van der Waals surface area contributed by atoms with Gasteiger partial charge in [-0.05, 0) is 70.6 Å². The lowest BCUT2D eigenvalue weighted by molar-refractivity contribution is -0.571. The second-order valence-electron chi connectivity index (χ2n) is 14.6. The highest BCUT2D eigenvalue weighted by Crippen LogP contribution is 2.37. The van der Waals surface area contributed by atoms with E-state index < -0.39 is 60.4 Å². The molecular formula is C51H39N5O. The molecule has 0 spiro atoms. The molecule has 6 aromatic carbocycles. The van der Waals surface area contributed by atoms with Gasteiger partial charge in [-0.1, -0.05) is 130 Å². The molecule has 4 heterocycles. The van der Waals surface area contributed by atoms with Crippen LogP contribution in [0, 0.1) is 6.33 Å². The fraction of sp³-hybridized carbons (Fsp3) is 0.0784. The van der Waals surface area contributed by atoms with Crippen molar-refractivity contribution in [2.45, 2.75) is 26.2 Å². The molecule has 0 amide bonds. The zero-order valence-corrected chi connectivity index (χ0v) is 31.2. The maximum absolute atomic E-state index is 8.96. The third-order valence-corrected chi connectivity index (χ3v) is 10.0. The van der Waals surface area contributed by atoms with E-state index in [4.69, 9.17) is 23.4 Å². The molecule has 4 aromatic heterocycles. The van der Waals surface area contributed by atoms with Gasteiger partial charge in [0.1, 0.15) is 17.3 Å². The number of benzene rings is 6. The summed E-state index contributed by atoms with van der Waals surface area (Å²) in [5.41, 5.74) is 4.63. The lowest BCUT2D eigenvalue weighted by Gasteiger charge is -2.20. The van der Waals surface area contributed by atoms with Crippen LogP contribution in [0.1, 0.15) is 40.0 Å². The van der Waals surface area contributed by atoms with Crippen LogP contribution >= 0.6 is 0 Å². The number of nitrogens with zero attached hydrogens (tertiary/aromatic N) is 5.